The van der Waals surface area contributed by atoms with Gasteiger partial charge in [0.15, 0.2) is 0 Å². The Hall–Kier alpha value is -1.48. The molecule has 3 rings (SSSR count). The van der Waals surface area contributed by atoms with E-state index in [0.29, 0.717) is 11.8 Å². The number of hydrogen-bond acceptors (Lipinski definition) is 2. The van der Waals surface area contributed by atoms with Crippen molar-refractivity contribution in [2.45, 2.75) is 38.3 Å². The van der Waals surface area contributed by atoms with Gasteiger partial charge in [0.1, 0.15) is 5.75 Å². The van der Waals surface area contributed by atoms with Gasteiger partial charge < -0.3 is 15.4 Å². The minimum atomic E-state index is 0.328. The number of nitrogens with one attached hydrogen (secondary N) is 2. The third-order valence-electron chi connectivity index (χ3n) is 3.63. The van der Waals surface area contributed by atoms with E-state index in [2.05, 4.69) is 16.4 Å². The van der Waals surface area contributed by atoms with Gasteiger partial charge in [0, 0.05) is 23.7 Å². The standard InChI is InChI=1S/C14H18N2O/c17-13-7-3-4-10-8-12(16-14(10)13)9-15-11-5-1-2-6-11/h3-4,7-8,11,15-17H,1-2,5-6,9H2. The number of H-pyrrole nitrogens is 1. The van der Waals surface area contributed by atoms with Crippen LogP contribution in [0.15, 0.2) is 24.3 Å². The molecule has 0 saturated heterocycles. The van der Waals surface area contributed by atoms with Crippen molar-refractivity contribution >= 4 is 10.9 Å². The molecule has 1 aromatic heterocycles. The number of phenols is 1. The normalized spacial score (nSPS) is 16.9. The maximum absolute atomic E-state index is 9.71. The summed E-state index contributed by atoms with van der Waals surface area (Å²) in [5.41, 5.74) is 1.99. The van der Waals surface area contributed by atoms with Crippen LogP contribution in [0.4, 0.5) is 0 Å². The second-order valence-corrected chi connectivity index (χ2v) is 4.90. The number of aromatic nitrogens is 1. The Bertz CT molecular complexity index is 512. The van der Waals surface area contributed by atoms with E-state index in [1.165, 1.54) is 25.7 Å². The highest BCUT2D eigenvalue weighted by molar-refractivity contribution is 5.85. The molecule has 0 spiro atoms. The molecular weight excluding hydrogens is 212 g/mol. The van der Waals surface area contributed by atoms with E-state index in [-0.39, 0.29) is 0 Å². The highest BCUT2D eigenvalue weighted by Crippen LogP contribution is 2.24. The number of aromatic hydroxyl groups is 1. The fraction of sp³-hybridized carbons (Fsp3) is 0.429. The Kier molecular flexibility index (Phi) is 2.77. The molecule has 0 unspecified atom stereocenters. The number of fused-ring (bicyclic) bond motifs is 1. The maximum Gasteiger partial charge on any atom is 0.139 e. The van der Waals surface area contributed by atoms with Crippen LogP contribution in [-0.4, -0.2) is 16.1 Å². The molecule has 2 aromatic rings. The molecule has 0 atom stereocenters. The summed E-state index contributed by atoms with van der Waals surface area (Å²) in [6.07, 6.45) is 5.30. The molecule has 0 aliphatic heterocycles. The first-order valence-electron chi connectivity index (χ1n) is 6.36. The summed E-state index contributed by atoms with van der Waals surface area (Å²) in [6, 6.07) is 8.39. The zero-order valence-corrected chi connectivity index (χ0v) is 9.87. The number of hydrogen-bond donors (Lipinski definition) is 3. The van der Waals surface area contributed by atoms with Crippen LogP contribution in [0.1, 0.15) is 31.4 Å². The minimum Gasteiger partial charge on any atom is -0.506 e. The van der Waals surface area contributed by atoms with Crippen LogP contribution in [-0.2, 0) is 6.54 Å². The van der Waals surface area contributed by atoms with Crippen molar-refractivity contribution < 1.29 is 5.11 Å². The first kappa shape index (κ1) is 10.7. The Labute approximate surface area is 101 Å². The van der Waals surface area contributed by atoms with Crippen LogP contribution < -0.4 is 5.32 Å². The van der Waals surface area contributed by atoms with Crippen LogP contribution in [0, 0.1) is 0 Å². The quantitative estimate of drug-likeness (QED) is 0.759. The summed E-state index contributed by atoms with van der Waals surface area (Å²) in [5, 5.41) is 14.4. The molecule has 90 valence electrons. The van der Waals surface area contributed by atoms with E-state index in [1.807, 2.05) is 12.1 Å². The van der Waals surface area contributed by atoms with Gasteiger partial charge >= 0.3 is 0 Å². The number of benzene rings is 1. The Morgan fingerprint density at radius 2 is 2.12 bits per heavy atom. The highest BCUT2D eigenvalue weighted by atomic mass is 16.3. The molecule has 0 bridgehead atoms. The van der Waals surface area contributed by atoms with E-state index in [0.717, 1.165) is 23.1 Å². The second kappa shape index (κ2) is 4.41. The number of phenolic OH excluding ortho intramolecular Hbond substituents is 1. The second-order valence-electron chi connectivity index (χ2n) is 4.90. The van der Waals surface area contributed by atoms with Gasteiger partial charge in [-0.25, -0.2) is 0 Å². The van der Waals surface area contributed by atoms with Crippen molar-refractivity contribution in [3.63, 3.8) is 0 Å². The van der Waals surface area contributed by atoms with E-state index >= 15 is 0 Å². The molecule has 17 heavy (non-hydrogen) atoms. The Balaban J connectivity index is 1.74. The highest BCUT2D eigenvalue weighted by Gasteiger charge is 2.14. The molecule has 1 aliphatic carbocycles. The maximum atomic E-state index is 9.71. The van der Waals surface area contributed by atoms with Crippen LogP contribution in [0.3, 0.4) is 0 Å². The lowest BCUT2D eigenvalue weighted by atomic mass is 10.2. The van der Waals surface area contributed by atoms with Crippen molar-refractivity contribution in [1.29, 1.82) is 0 Å². The van der Waals surface area contributed by atoms with E-state index in [4.69, 9.17) is 0 Å². The van der Waals surface area contributed by atoms with Gasteiger partial charge in [0.25, 0.3) is 0 Å². The smallest absolute Gasteiger partial charge is 0.139 e. The summed E-state index contributed by atoms with van der Waals surface area (Å²) in [7, 11) is 0. The monoisotopic (exact) mass is 230 g/mol. The molecule has 1 fully saturated rings. The predicted octanol–water partition coefficient (Wildman–Crippen LogP) is 2.91. The molecule has 1 aromatic carbocycles. The number of aromatic amines is 1. The van der Waals surface area contributed by atoms with Crippen molar-refractivity contribution in [1.82, 2.24) is 10.3 Å². The lowest BCUT2D eigenvalue weighted by Gasteiger charge is -2.10. The lowest BCUT2D eigenvalue weighted by Crippen LogP contribution is -2.25. The van der Waals surface area contributed by atoms with Gasteiger partial charge in [-0.05, 0) is 25.0 Å². The predicted molar refractivity (Wildman–Crippen MR) is 69.1 cm³/mol. The van der Waals surface area contributed by atoms with E-state index in [1.54, 1.807) is 6.07 Å². The van der Waals surface area contributed by atoms with Crippen molar-refractivity contribution in [3.8, 4) is 5.75 Å². The molecule has 3 N–H and O–H groups in total. The average Bonchev–Trinajstić information content (AvgIpc) is 2.95. The number of para-hydroxylation sites is 1. The first-order valence-corrected chi connectivity index (χ1v) is 6.36. The van der Waals surface area contributed by atoms with Crippen LogP contribution in [0.5, 0.6) is 5.75 Å². The van der Waals surface area contributed by atoms with Gasteiger partial charge in [-0.3, -0.25) is 0 Å². The molecule has 3 heteroatoms. The summed E-state index contributed by atoms with van der Waals surface area (Å²) >= 11 is 0. The Morgan fingerprint density at radius 1 is 1.29 bits per heavy atom. The molecule has 1 aliphatic rings. The SMILES string of the molecule is Oc1cccc2cc(CNC3CCCC3)[nH]c12. The number of rotatable bonds is 3. The van der Waals surface area contributed by atoms with Crippen LogP contribution in [0.2, 0.25) is 0 Å². The molecule has 1 heterocycles. The summed E-state index contributed by atoms with van der Waals surface area (Å²) < 4.78 is 0. The molecule has 1 saturated carbocycles. The summed E-state index contributed by atoms with van der Waals surface area (Å²) in [4.78, 5) is 3.28. The molecule has 3 nitrogen and oxygen atoms in total. The van der Waals surface area contributed by atoms with Gasteiger partial charge in [-0.15, -0.1) is 0 Å². The summed E-state index contributed by atoms with van der Waals surface area (Å²) in [6.45, 7) is 0.860. The largest absolute Gasteiger partial charge is 0.506 e. The first-order chi connectivity index (χ1) is 8.33. The topological polar surface area (TPSA) is 48.0 Å². The van der Waals surface area contributed by atoms with Gasteiger partial charge in [-0.1, -0.05) is 25.0 Å². The van der Waals surface area contributed by atoms with Crippen molar-refractivity contribution in [2.24, 2.45) is 0 Å². The zero-order chi connectivity index (χ0) is 11.7. The fourth-order valence-electron chi connectivity index (χ4n) is 2.68. The van der Waals surface area contributed by atoms with Crippen LogP contribution in [0.25, 0.3) is 10.9 Å². The lowest BCUT2D eigenvalue weighted by molar-refractivity contribution is 0.480. The Morgan fingerprint density at radius 3 is 2.88 bits per heavy atom. The third kappa shape index (κ3) is 2.15. The van der Waals surface area contributed by atoms with Crippen LogP contribution >= 0.6 is 0 Å². The summed E-state index contributed by atoms with van der Waals surface area (Å²) in [5.74, 6) is 0.328. The van der Waals surface area contributed by atoms with Gasteiger partial charge in [0.2, 0.25) is 0 Å². The molecular formula is C14H18N2O. The average molecular weight is 230 g/mol. The minimum absolute atomic E-state index is 0.328. The fourth-order valence-corrected chi connectivity index (χ4v) is 2.68. The van der Waals surface area contributed by atoms with Crippen molar-refractivity contribution in [2.75, 3.05) is 0 Å². The molecule has 0 radical (unpaired) electrons. The zero-order valence-electron chi connectivity index (χ0n) is 9.87. The van der Waals surface area contributed by atoms with Gasteiger partial charge in [0.05, 0.1) is 5.52 Å². The molecule has 0 amide bonds. The van der Waals surface area contributed by atoms with E-state index < -0.39 is 0 Å². The third-order valence-corrected chi connectivity index (χ3v) is 3.63. The van der Waals surface area contributed by atoms with Gasteiger partial charge in [-0.2, -0.15) is 0 Å². The van der Waals surface area contributed by atoms with E-state index in [9.17, 15) is 5.11 Å². The van der Waals surface area contributed by atoms with Crippen molar-refractivity contribution in [3.05, 3.63) is 30.0 Å².